The zero-order valence-electron chi connectivity index (χ0n) is 11.6. The van der Waals surface area contributed by atoms with Gasteiger partial charge in [-0.3, -0.25) is 10.1 Å². The number of anilines is 1. The topological polar surface area (TPSA) is 58.4 Å². The number of likely N-dealkylation sites (N-methyl/N-ethyl adjacent to an activating group) is 1. The molecule has 0 saturated carbocycles. The first-order chi connectivity index (χ1) is 9.08. The summed E-state index contributed by atoms with van der Waals surface area (Å²) in [6, 6.07) is 5.83. The molecule has 1 atom stereocenters. The summed E-state index contributed by atoms with van der Waals surface area (Å²) in [5.74, 6) is 0. The van der Waals surface area contributed by atoms with Crippen molar-refractivity contribution in [3.05, 3.63) is 33.9 Å². The average Bonchev–Trinajstić information content (AvgIpc) is 2.39. The Bertz CT molecular complexity index is 456. The number of nitrogens with one attached hydrogen (secondary N) is 1. The highest BCUT2D eigenvalue weighted by molar-refractivity contribution is 5.54. The van der Waals surface area contributed by atoms with Crippen molar-refractivity contribution >= 4 is 11.4 Å². The maximum atomic E-state index is 10.8. The average molecular weight is 263 g/mol. The van der Waals surface area contributed by atoms with Gasteiger partial charge in [0, 0.05) is 37.0 Å². The molecule has 104 valence electrons. The van der Waals surface area contributed by atoms with Crippen LogP contribution in [0.3, 0.4) is 0 Å². The first-order valence-corrected chi connectivity index (χ1v) is 6.77. The minimum Gasteiger partial charge on any atom is -0.373 e. The van der Waals surface area contributed by atoms with E-state index in [9.17, 15) is 10.1 Å². The minimum atomic E-state index is -0.332. The van der Waals surface area contributed by atoms with Gasteiger partial charge in [0.05, 0.1) is 4.92 Å². The van der Waals surface area contributed by atoms with E-state index in [-0.39, 0.29) is 10.6 Å². The van der Waals surface area contributed by atoms with E-state index in [0.717, 1.165) is 18.8 Å². The van der Waals surface area contributed by atoms with Crippen LogP contribution in [0, 0.1) is 17.0 Å². The van der Waals surface area contributed by atoms with Crippen LogP contribution in [0.4, 0.5) is 11.4 Å². The van der Waals surface area contributed by atoms with Gasteiger partial charge >= 0.3 is 0 Å². The summed E-state index contributed by atoms with van der Waals surface area (Å²) in [5, 5.41) is 14.3. The Balaban J connectivity index is 2.04. The van der Waals surface area contributed by atoms with Crippen molar-refractivity contribution in [2.75, 3.05) is 25.0 Å². The van der Waals surface area contributed by atoms with Crippen LogP contribution in [0.25, 0.3) is 0 Å². The molecule has 0 radical (unpaired) electrons. The van der Waals surface area contributed by atoms with Crippen LogP contribution < -0.4 is 10.2 Å². The fourth-order valence-corrected chi connectivity index (χ4v) is 2.60. The largest absolute Gasteiger partial charge is 0.373 e. The molecule has 19 heavy (non-hydrogen) atoms. The van der Waals surface area contributed by atoms with Gasteiger partial charge in [-0.2, -0.15) is 0 Å². The molecule has 5 nitrogen and oxygen atoms in total. The molecule has 0 aromatic heterocycles. The molecule has 5 heteroatoms. The van der Waals surface area contributed by atoms with Crippen molar-refractivity contribution in [2.24, 2.45) is 0 Å². The van der Waals surface area contributed by atoms with Gasteiger partial charge in [0.15, 0.2) is 0 Å². The number of benzene rings is 1. The first-order valence-electron chi connectivity index (χ1n) is 6.77. The molecule has 0 bridgehead atoms. The van der Waals surface area contributed by atoms with Crippen LogP contribution in [0.2, 0.25) is 0 Å². The maximum Gasteiger partial charge on any atom is 0.272 e. The highest BCUT2D eigenvalue weighted by Gasteiger charge is 2.16. The maximum absolute atomic E-state index is 10.8. The van der Waals surface area contributed by atoms with Crippen LogP contribution in [-0.4, -0.2) is 31.1 Å². The normalized spacial score (nSPS) is 19.2. The van der Waals surface area contributed by atoms with Crippen LogP contribution in [0.15, 0.2) is 18.2 Å². The first kappa shape index (κ1) is 13.8. The lowest BCUT2D eigenvalue weighted by molar-refractivity contribution is -0.385. The van der Waals surface area contributed by atoms with E-state index in [1.54, 1.807) is 13.0 Å². The van der Waals surface area contributed by atoms with Gasteiger partial charge in [0.25, 0.3) is 5.69 Å². The number of nitro groups is 1. The third-order valence-electron chi connectivity index (χ3n) is 3.72. The third-order valence-corrected chi connectivity index (χ3v) is 3.72. The highest BCUT2D eigenvalue weighted by Crippen LogP contribution is 2.24. The van der Waals surface area contributed by atoms with Gasteiger partial charge in [-0.15, -0.1) is 0 Å². The molecule has 1 heterocycles. The lowest BCUT2D eigenvalue weighted by Gasteiger charge is -2.29. The van der Waals surface area contributed by atoms with E-state index in [4.69, 9.17) is 0 Å². The van der Waals surface area contributed by atoms with Gasteiger partial charge in [-0.05, 0) is 38.4 Å². The molecule has 0 amide bonds. The Morgan fingerprint density at radius 1 is 1.47 bits per heavy atom. The molecule has 1 aromatic carbocycles. The molecule has 1 fully saturated rings. The summed E-state index contributed by atoms with van der Waals surface area (Å²) >= 11 is 0. The molecule has 1 unspecified atom stereocenters. The number of piperidine rings is 1. The van der Waals surface area contributed by atoms with Crippen LogP contribution in [0.1, 0.15) is 24.8 Å². The van der Waals surface area contributed by atoms with Crippen molar-refractivity contribution in [1.29, 1.82) is 0 Å². The predicted octanol–water partition coefficient (Wildman–Crippen LogP) is 2.48. The highest BCUT2D eigenvalue weighted by atomic mass is 16.6. The summed E-state index contributed by atoms with van der Waals surface area (Å²) in [6.45, 7) is 3.82. The molecule has 1 aromatic rings. The Hall–Kier alpha value is -1.62. The summed E-state index contributed by atoms with van der Waals surface area (Å²) < 4.78 is 0. The number of hydrogen-bond donors (Lipinski definition) is 1. The Morgan fingerprint density at radius 2 is 2.26 bits per heavy atom. The van der Waals surface area contributed by atoms with E-state index >= 15 is 0 Å². The van der Waals surface area contributed by atoms with Gasteiger partial charge in [0.2, 0.25) is 0 Å². The number of aryl methyl sites for hydroxylation is 1. The molecule has 2 rings (SSSR count). The Labute approximate surface area is 113 Å². The Kier molecular flexibility index (Phi) is 4.37. The Morgan fingerprint density at radius 3 is 2.84 bits per heavy atom. The fourth-order valence-electron chi connectivity index (χ4n) is 2.60. The van der Waals surface area contributed by atoms with E-state index < -0.39 is 0 Å². The number of hydrogen-bond acceptors (Lipinski definition) is 4. The van der Waals surface area contributed by atoms with Crippen molar-refractivity contribution in [2.45, 2.75) is 32.2 Å². The number of nitro benzene ring substituents is 1. The van der Waals surface area contributed by atoms with Gasteiger partial charge in [-0.1, -0.05) is 6.42 Å². The molecule has 0 aliphatic carbocycles. The lowest BCUT2D eigenvalue weighted by Crippen LogP contribution is -2.42. The van der Waals surface area contributed by atoms with Crippen molar-refractivity contribution in [3.8, 4) is 0 Å². The lowest BCUT2D eigenvalue weighted by atomic mass is 10.0. The van der Waals surface area contributed by atoms with Crippen molar-refractivity contribution in [1.82, 2.24) is 5.32 Å². The fraction of sp³-hybridized carbons (Fsp3) is 0.571. The van der Waals surface area contributed by atoms with Gasteiger partial charge < -0.3 is 10.2 Å². The van der Waals surface area contributed by atoms with Gasteiger partial charge in [-0.25, -0.2) is 0 Å². The summed E-state index contributed by atoms with van der Waals surface area (Å²) in [4.78, 5) is 12.6. The number of nitrogens with zero attached hydrogens (tertiary/aromatic N) is 2. The molecular weight excluding hydrogens is 242 g/mol. The molecule has 1 aliphatic rings. The molecular formula is C14H21N3O2. The van der Waals surface area contributed by atoms with E-state index in [1.165, 1.54) is 19.3 Å². The van der Waals surface area contributed by atoms with Crippen LogP contribution in [-0.2, 0) is 0 Å². The molecule has 1 aliphatic heterocycles. The van der Waals surface area contributed by atoms with E-state index in [1.807, 2.05) is 19.2 Å². The van der Waals surface area contributed by atoms with Crippen molar-refractivity contribution in [3.63, 3.8) is 0 Å². The second kappa shape index (κ2) is 6.02. The smallest absolute Gasteiger partial charge is 0.272 e. The summed E-state index contributed by atoms with van der Waals surface area (Å²) in [6.07, 6.45) is 3.75. The SMILES string of the molecule is Cc1cc(N(C)CC2CCCCN2)ccc1[N+](=O)[O-]. The van der Waals surface area contributed by atoms with E-state index in [2.05, 4.69) is 10.2 Å². The predicted molar refractivity (Wildman–Crippen MR) is 76.7 cm³/mol. The molecule has 1 N–H and O–H groups in total. The van der Waals surface area contributed by atoms with Gasteiger partial charge in [0.1, 0.15) is 0 Å². The second-order valence-electron chi connectivity index (χ2n) is 5.26. The van der Waals surface area contributed by atoms with Crippen LogP contribution in [0.5, 0.6) is 0 Å². The molecule has 1 saturated heterocycles. The summed E-state index contributed by atoms with van der Waals surface area (Å²) in [7, 11) is 2.04. The standard InChI is InChI=1S/C14H21N3O2/c1-11-9-13(6-7-14(11)17(18)19)16(2)10-12-5-3-4-8-15-12/h6-7,9,12,15H,3-5,8,10H2,1-2H3. The minimum absolute atomic E-state index is 0.188. The molecule has 0 spiro atoms. The monoisotopic (exact) mass is 263 g/mol. The van der Waals surface area contributed by atoms with Crippen molar-refractivity contribution < 1.29 is 4.92 Å². The quantitative estimate of drug-likeness (QED) is 0.669. The third kappa shape index (κ3) is 3.44. The zero-order chi connectivity index (χ0) is 13.8. The van der Waals surface area contributed by atoms with Crippen LogP contribution >= 0.6 is 0 Å². The summed E-state index contributed by atoms with van der Waals surface area (Å²) in [5.41, 5.74) is 1.94. The van der Waals surface area contributed by atoms with E-state index in [0.29, 0.717) is 11.6 Å². The number of rotatable bonds is 4. The zero-order valence-corrected chi connectivity index (χ0v) is 11.6. The second-order valence-corrected chi connectivity index (χ2v) is 5.26.